The quantitative estimate of drug-likeness (QED) is 0.842. The lowest BCUT2D eigenvalue weighted by atomic mass is 9.88. The van der Waals surface area contributed by atoms with E-state index in [-0.39, 0.29) is 16.8 Å². The Morgan fingerprint density at radius 2 is 2.06 bits per heavy atom. The molecule has 2 rings (SSSR count). The van der Waals surface area contributed by atoms with Crippen LogP contribution in [-0.2, 0) is 6.42 Å². The van der Waals surface area contributed by atoms with Crippen molar-refractivity contribution in [3.8, 4) is 5.75 Å². The standard InChI is InChI=1S/C11H11ClF3NO/c12-8-4-6-2-1-3-9(16)7(6)5-10(8)17-11(13,14)15/h4-5,9H,1-3,16H2. The Labute approximate surface area is 102 Å². The Bertz CT molecular complexity index is 433. The summed E-state index contributed by atoms with van der Waals surface area (Å²) in [4.78, 5) is 0. The van der Waals surface area contributed by atoms with Crippen molar-refractivity contribution >= 4 is 11.6 Å². The maximum Gasteiger partial charge on any atom is 0.573 e. The van der Waals surface area contributed by atoms with Gasteiger partial charge in [-0.3, -0.25) is 0 Å². The average molecular weight is 266 g/mol. The van der Waals surface area contributed by atoms with Crippen LogP contribution >= 0.6 is 11.6 Å². The topological polar surface area (TPSA) is 35.2 Å². The molecule has 1 atom stereocenters. The monoisotopic (exact) mass is 265 g/mol. The van der Waals surface area contributed by atoms with E-state index in [0.717, 1.165) is 24.8 Å². The third kappa shape index (κ3) is 2.84. The first-order valence-electron chi connectivity index (χ1n) is 5.20. The van der Waals surface area contributed by atoms with Crippen molar-refractivity contribution < 1.29 is 17.9 Å². The maximum atomic E-state index is 12.1. The van der Waals surface area contributed by atoms with Crippen molar-refractivity contribution in [1.82, 2.24) is 0 Å². The summed E-state index contributed by atoms with van der Waals surface area (Å²) in [6.45, 7) is 0. The Morgan fingerprint density at radius 3 is 2.71 bits per heavy atom. The van der Waals surface area contributed by atoms with Crippen LogP contribution in [0.4, 0.5) is 13.2 Å². The zero-order valence-electron chi connectivity index (χ0n) is 8.85. The molecule has 0 saturated heterocycles. The maximum absolute atomic E-state index is 12.1. The van der Waals surface area contributed by atoms with Crippen LogP contribution in [-0.4, -0.2) is 6.36 Å². The van der Waals surface area contributed by atoms with Gasteiger partial charge in [0, 0.05) is 6.04 Å². The molecule has 0 fully saturated rings. The first-order valence-corrected chi connectivity index (χ1v) is 5.58. The number of fused-ring (bicyclic) bond motifs is 1. The van der Waals surface area contributed by atoms with E-state index in [1.807, 2.05) is 0 Å². The van der Waals surface area contributed by atoms with Crippen molar-refractivity contribution in [3.63, 3.8) is 0 Å². The highest BCUT2D eigenvalue weighted by Crippen LogP contribution is 2.37. The molecule has 0 radical (unpaired) electrons. The molecule has 1 aromatic rings. The van der Waals surface area contributed by atoms with Crippen LogP contribution in [0.2, 0.25) is 5.02 Å². The Morgan fingerprint density at radius 1 is 1.35 bits per heavy atom. The number of nitrogens with two attached hydrogens (primary N) is 1. The SMILES string of the molecule is NC1CCCc2cc(Cl)c(OC(F)(F)F)cc21. The van der Waals surface area contributed by atoms with Gasteiger partial charge in [-0.15, -0.1) is 13.2 Å². The number of hydrogen-bond acceptors (Lipinski definition) is 2. The molecule has 17 heavy (non-hydrogen) atoms. The van der Waals surface area contributed by atoms with Gasteiger partial charge in [-0.2, -0.15) is 0 Å². The molecule has 1 aliphatic rings. The highest BCUT2D eigenvalue weighted by molar-refractivity contribution is 6.32. The average Bonchev–Trinajstić information content (AvgIpc) is 2.18. The molecular formula is C11H11ClF3NO. The number of aryl methyl sites for hydroxylation is 1. The fourth-order valence-electron chi connectivity index (χ4n) is 2.04. The molecule has 1 unspecified atom stereocenters. The predicted molar refractivity (Wildman–Crippen MR) is 58.0 cm³/mol. The highest BCUT2D eigenvalue weighted by atomic mass is 35.5. The first kappa shape index (κ1) is 12.5. The summed E-state index contributed by atoms with van der Waals surface area (Å²) in [5.74, 6) is -0.379. The van der Waals surface area contributed by atoms with Gasteiger partial charge in [-0.1, -0.05) is 11.6 Å². The predicted octanol–water partition coefficient (Wildman–Crippen LogP) is 3.57. The minimum Gasteiger partial charge on any atom is -0.404 e. The first-order chi connectivity index (χ1) is 7.87. The van der Waals surface area contributed by atoms with E-state index >= 15 is 0 Å². The van der Waals surface area contributed by atoms with Gasteiger partial charge < -0.3 is 10.5 Å². The minimum atomic E-state index is -4.74. The van der Waals surface area contributed by atoms with E-state index in [0.29, 0.717) is 5.56 Å². The van der Waals surface area contributed by atoms with Crippen LogP contribution in [0.15, 0.2) is 12.1 Å². The molecule has 0 aromatic heterocycles. The summed E-state index contributed by atoms with van der Waals surface area (Å²) in [5, 5.41) is -0.0322. The van der Waals surface area contributed by atoms with Gasteiger partial charge >= 0.3 is 6.36 Å². The molecule has 1 aliphatic carbocycles. The van der Waals surface area contributed by atoms with Crippen LogP contribution in [0.3, 0.4) is 0 Å². The zero-order chi connectivity index (χ0) is 12.6. The molecule has 1 aromatic carbocycles. The van der Waals surface area contributed by atoms with E-state index in [1.54, 1.807) is 0 Å². The number of alkyl halides is 3. The Hall–Kier alpha value is -0.940. The third-order valence-corrected chi connectivity index (χ3v) is 3.08. The van der Waals surface area contributed by atoms with E-state index in [4.69, 9.17) is 17.3 Å². The fraction of sp³-hybridized carbons (Fsp3) is 0.455. The van der Waals surface area contributed by atoms with Crippen molar-refractivity contribution in [2.45, 2.75) is 31.7 Å². The number of rotatable bonds is 1. The van der Waals surface area contributed by atoms with E-state index in [1.165, 1.54) is 12.1 Å². The molecule has 2 N–H and O–H groups in total. The second-order valence-electron chi connectivity index (χ2n) is 4.03. The largest absolute Gasteiger partial charge is 0.573 e. The van der Waals surface area contributed by atoms with Gasteiger partial charge in [-0.25, -0.2) is 0 Å². The second kappa shape index (κ2) is 4.38. The van der Waals surface area contributed by atoms with Gasteiger partial charge in [0.1, 0.15) is 5.75 Å². The van der Waals surface area contributed by atoms with Gasteiger partial charge in [-0.05, 0) is 42.5 Å². The summed E-state index contributed by atoms with van der Waals surface area (Å²) in [7, 11) is 0. The summed E-state index contributed by atoms with van der Waals surface area (Å²) in [6, 6.07) is 2.57. The van der Waals surface area contributed by atoms with E-state index in [2.05, 4.69) is 4.74 Å². The molecule has 0 amide bonds. The summed E-state index contributed by atoms with van der Waals surface area (Å²) in [6.07, 6.45) is -2.27. The summed E-state index contributed by atoms with van der Waals surface area (Å²) >= 11 is 5.75. The number of hydrogen-bond donors (Lipinski definition) is 1. The highest BCUT2D eigenvalue weighted by Gasteiger charge is 2.33. The Kier molecular flexibility index (Phi) is 3.23. The lowest BCUT2D eigenvalue weighted by Gasteiger charge is -2.23. The summed E-state index contributed by atoms with van der Waals surface area (Å²) in [5.41, 5.74) is 7.45. The van der Waals surface area contributed by atoms with Crippen molar-refractivity contribution in [2.24, 2.45) is 5.73 Å². The van der Waals surface area contributed by atoms with Crippen LogP contribution in [0.1, 0.15) is 30.0 Å². The summed E-state index contributed by atoms with van der Waals surface area (Å²) < 4.78 is 40.3. The minimum absolute atomic E-state index is 0.0322. The third-order valence-electron chi connectivity index (χ3n) is 2.78. The molecular weight excluding hydrogens is 255 g/mol. The van der Waals surface area contributed by atoms with E-state index in [9.17, 15) is 13.2 Å². The normalized spacial score (nSPS) is 19.9. The molecule has 2 nitrogen and oxygen atoms in total. The molecule has 94 valence electrons. The molecule has 6 heteroatoms. The fourth-order valence-corrected chi connectivity index (χ4v) is 2.27. The van der Waals surface area contributed by atoms with Crippen molar-refractivity contribution in [1.29, 1.82) is 0 Å². The van der Waals surface area contributed by atoms with Crippen LogP contribution in [0, 0.1) is 0 Å². The van der Waals surface area contributed by atoms with Crippen molar-refractivity contribution in [2.75, 3.05) is 0 Å². The number of ether oxygens (including phenoxy) is 1. The van der Waals surface area contributed by atoms with Gasteiger partial charge in [0.25, 0.3) is 0 Å². The molecule has 0 bridgehead atoms. The lowest BCUT2D eigenvalue weighted by Crippen LogP contribution is -2.20. The second-order valence-corrected chi connectivity index (χ2v) is 4.44. The molecule has 0 saturated carbocycles. The van der Waals surface area contributed by atoms with Gasteiger partial charge in [0.2, 0.25) is 0 Å². The van der Waals surface area contributed by atoms with Crippen molar-refractivity contribution in [3.05, 3.63) is 28.3 Å². The van der Waals surface area contributed by atoms with Gasteiger partial charge in [0.05, 0.1) is 5.02 Å². The molecule has 0 spiro atoms. The molecule has 0 aliphatic heterocycles. The van der Waals surface area contributed by atoms with E-state index < -0.39 is 6.36 Å². The van der Waals surface area contributed by atoms with Crippen LogP contribution < -0.4 is 10.5 Å². The zero-order valence-corrected chi connectivity index (χ0v) is 9.61. The smallest absolute Gasteiger partial charge is 0.404 e. The lowest BCUT2D eigenvalue weighted by molar-refractivity contribution is -0.274. The number of halogens is 4. The molecule has 0 heterocycles. The van der Waals surface area contributed by atoms with Crippen LogP contribution in [0.25, 0.3) is 0 Å². The van der Waals surface area contributed by atoms with Crippen LogP contribution in [0.5, 0.6) is 5.75 Å². The Balaban J connectivity index is 2.38. The van der Waals surface area contributed by atoms with Gasteiger partial charge in [0.15, 0.2) is 0 Å². The number of benzene rings is 1.